The quantitative estimate of drug-likeness (QED) is 0.573. The van der Waals surface area contributed by atoms with Gasteiger partial charge in [-0.05, 0) is 49.3 Å². The summed E-state index contributed by atoms with van der Waals surface area (Å²) in [5.74, 6) is 1.32. The number of hydrogen-bond donors (Lipinski definition) is 1. The summed E-state index contributed by atoms with van der Waals surface area (Å²) in [5.41, 5.74) is 2.44. The predicted molar refractivity (Wildman–Crippen MR) is 111 cm³/mol. The maximum Gasteiger partial charge on any atom is 0.242 e. The zero-order valence-electron chi connectivity index (χ0n) is 15.3. The summed E-state index contributed by atoms with van der Waals surface area (Å²) in [6.07, 6.45) is 5.39. The SMILES string of the molecule is O=S(=O)(Nc1nnc2cc(OCc3ccc(Cl)c(Cl)c3)c(C3CC3)cn12)C1CC1. The van der Waals surface area contributed by atoms with E-state index in [1.165, 1.54) is 0 Å². The first kappa shape index (κ1) is 19.0. The fourth-order valence-corrected chi connectivity index (χ4v) is 4.85. The molecule has 0 aliphatic heterocycles. The van der Waals surface area contributed by atoms with Crippen molar-refractivity contribution in [3.63, 3.8) is 0 Å². The maximum atomic E-state index is 12.3. The van der Waals surface area contributed by atoms with Crippen molar-refractivity contribution in [2.75, 3.05) is 4.72 Å². The lowest BCUT2D eigenvalue weighted by molar-refractivity contribution is 0.303. The molecule has 5 rings (SSSR count). The van der Waals surface area contributed by atoms with Crippen LogP contribution in [0.15, 0.2) is 30.5 Å². The monoisotopic (exact) mass is 452 g/mol. The first-order chi connectivity index (χ1) is 13.9. The lowest BCUT2D eigenvalue weighted by atomic mass is 10.1. The Labute approximate surface area is 178 Å². The van der Waals surface area contributed by atoms with E-state index < -0.39 is 10.0 Å². The third-order valence-corrected chi connectivity index (χ3v) is 7.68. The van der Waals surface area contributed by atoms with Gasteiger partial charge in [0, 0.05) is 17.8 Å². The molecule has 1 aromatic carbocycles. The van der Waals surface area contributed by atoms with E-state index in [9.17, 15) is 8.42 Å². The highest BCUT2D eigenvalue weighted by Crippen LogP contribution is 2.45. The van der Waals surface area contributed by atoms with Crippen LogP contribution < -0.4 is 9.46 Å². The summed E-state index contributed by atoms with van der Waals surface area (Å²) in [5, 5.41) is 8.79. The summed E-state index contributed by atoms with van der Waals surface area (Å²) in [6.45, 7) is 0.335. The Balaban J connectivity index is 1.44. The minimum Gasteiger partial charge on any atom is -0.488 e. The number of halogens is 2. The molecule has 2 aliphatic carbocycles. The van der Waals surface area contributed by atoms with Gasteiger partial charge in [-0.25, -0.2) is 8.42 Å². The van der Waals surface area contributed by atoms with Gasteiger partial charge in [0.1, 0.15) is 12.4 Å². The van der Waals surface area contributed by atoms with E-state index in [1.54, 1.807) is 22.6 Å². The van der Waals surface area contributed by atoms with Crippen LogP contribution in [0.1, 0.15) is 42.7 Å². The third kappa shape index (κ3) is 3.89. The number of hydrogen-bond acceptors (Lipinski definition) is 5. The van der Waals surface area contributed by atoms with Crippen LogP contribution in [0.3, 0.4) is 0 Å². The molecule has 1 N–H and O–H groups in total. The fourth-order valence-electron chi connectivity index (χ4n) is 3.21. The molecule has 29 heavy (non-hydrogen) atoms. The normalized spacial score (nSPS) is 16.9. The van der Waals surface area contributed by atoms with E-state index in [0.717, 1.165) is 29.7 Å². The molecule has 0 radical (unpaired) electrons. The number of nitrogens with zero attached hydrogens (tertiary/aromatic N) is 3. The lowest BCUT2D eigenvalue weighted by Gasteiger charge is -2.13. The van der Waals surface area contributed by atoms with Crippen molar-refractivity contribution in [1.29, 1.82) is 0 Å². The number of pyridine rings is 1. The van der Waals surface area contributed by atoms with Crippen molar-refractivity contribution < 1.29 is 13.2 Å². The molecule has 0 atom stereocenters. The van der Waals surface area contributed by atoms with Crippen molar-refractivity contribution in [3.05, 3.63) is 51.6 Å². The Bertz CT molecular complexity index is 1200. The highest BCUT2D eigenvalue weighted by Gasteiger charge is 2.37. The zero-order chi connectivity index (χ0) is 20.2. The van der Waals surface area contributed by atoms with Crippen LogP contribution >= 0.6 is 23.2 Å². The van der Waals surface area contributed by atoms with Gasteiger partial charge in [-0.15, -0.1) is 10.2 Å². The van der Waals surface area contributed by atoms with Gasteiger partial charge >= 0.3 is 0 Å². The molecule has 0 amide bonds. The van der Waals surface area contributed by atoms with Gasteiger partial charge in [0.25, 0.3) is 0 Å². The standard InChI is InChI=1S/C19H18Cl2N4O3S/c20-15-6-1-11(7-16(15)21)10-28-17-8-18-22-23-19(24-29(26,27)13-4-5-13)25(18)9-14(17)12-2-3-12/h1,6-9,12-13H,2-5,10H2,(H,23,24). The molecule has 2 fully saturated rings. The minimum absolute atomic E-state index is 0.213. The second-order valence-corrected chi connectivity index (χ2v) is 10.3. The van der Waals surface area contributed by atoms with Crippen LogP contribution in [-0.2, 0) is 16.6 Å². The summed E-state index contributed by atoms with van der Waals surface area (Å²) in [6, 6.07) is 7.18. The molecule has 3 aromatic rings. The van der Waals surface area contributed by atoms with E-state index in [4.69, 9.17) is 27.9 Å². The molecule has 2 heterocycles. The van der Waals surface area contributed by atoms with Crippen molar-refractivity contribution >= 4 is 44.8 Å². The molecule has 2 aromatic heterocycles. The van der Waals surface area contributed by atoms with Crippen molar-refractivity contribution in [3.8, 4) is 5.75 Å². The molecular formula is C19H18Cl2N4O3S. The summed E-state index contributed by atoms with van der Waals surface area (Å²) in [7, 11) is -3.41. The van der Waals surface area contributed by atoms with E-state index in [0.29, 0.717) is 41.1 Å². The number of aromatic nitrogens is 3. The maximum absolute atomic E-state index is 12.3. The molecule has 2 aliphatic rings. The van der Waals surface area contributed by atoms with Crippen LogP contribution in [0.4, 0.5) is 5.95 Å². The highest BCUT2D eigenvalue weighted by molar-refractivity contribution is 7.93. The Morgan fingerprint density at radius 1 is 1.10 bits per heavy atom. The van der Waals surface area contributed by atoms with Gasteiger partial charge in [0.05, 0.1) is 15.3 Å². The van der Waals surface area contributed by atoms with Gasteiger partial charge in [-0.2, -0.15) is 0 Å². The number of fused-ring (bicyclic) bond motifs is 1. The molecule has 10 heteroatoms. The second kappa shape index (κ2) is 7.04. The minimum atomic E-state index is -3.41. The van der Waals surface area contributed by atoms with Crippen molar-refractivity contribution in [2.24, 2.45) is 0 Å². The van der Waals surface area contributed by atoms with Crippen LogP contribution in [0, 0.1) is 0 Å². The van der Waals surface area contributed by atoms with Crippen LogP contribution in [-0.4, -0.2) is 28.3 Å². The number of sulfonamides is 1. The first-order valence-electron chi connectivity index (χ1n) is 9.38. The number of ether oxygens (including phenoxy) is 1. The Morgan fingerprint density at radius 3 is 2.59 bits per heavy atom. The molecule has 2 saturated carbocycles. The van der Waals surface area contributed by atoms with Crippen LogP contribution in [0.25, 0.3) is 5.65 Å². The van der Waals surface area contributed by atoms with Gasteiger partial charge < -0.3 is 4.74 Å². The largest absolute Gasteiger partial charge is 0.488 e. The number of rotatable bonds is 7. The molecular weight excluding hydrogens is 435 g/mol. The molecule has 0 saturated heterocycles. The molecule has 0 bridgehead atoms. The molecule has 152 valence electrons. The van der Waals surface area contributed by atoms with Gasteiger partial charge in [-0.1, -0.05) is 29.3 Å². The average molecular weight is 453 g/mol. The van der Waals surface area contributed by atoms with Gasteiger partial charge in [-0.3, -0.25) is 9.12 Å². The summed E-state index contributed by atoms with van der Waals surface area (Å²) in [4.78, 5) is 0. The predicted octanol–water partition coefficient (Wildman–Crippen LogP) is 4.40. The van der Waals surface area contributed by atoms with Crippen molar-refractivity contribution in [2.45, 2.75) is 43.5 Å². The van der Waals surface area contributed by atoms with E-state index in [2.05, 4.69) is 14.9 Å². The lowest BCUT2D eigenvalue weighted by Crippen LogP contribution is -2.19. The van der Waals surface area contributed by atoms with Gasteiger partial charge in [0.2, 0.25) is 16.0 Å². The smallest absolute Gasteiger partial charge is 0.242 e. The average Bonchev–Trinajstić information content (AvgIpc) is 3.59. The highest BCUT2D eigenvalue weighted by atomic mass is 35.5. The molecule has 0 spiro atoms. The number of nitrogens with one attached hydrogen (secondary N) is 1. The Hall–Kier alpha value is -2.03. The second-order valence-electron chi connectivity index (χ2n) is 7.50. The Morgan fingerprint density at radius 2 is 1.90 bits per heavy atom. The zero-order valence-corrected chi connectivity index (χ0v) is 17.6. The topological polar surface area (TPSA) is 85.6 Å². The molecule has 7 nitrogen and oxygen atoms in total. The summed E-state index contributed by atoms with van der Waals surface area (Å²) < 4.78 is 34.9. The van der Waals surface area contributed by atoms with E-state index in [1.807, 2.05) is 12.3 Å². The van der Waals surface area contributed by atoms with Crippen molar-refractivity contribution in [1.82, 2.24) is 14.6 Å². The first-order valence-corrected chi connectivity index (χ1v) is 11.7. The van der Waals surface area contributed by atoms with Crippen LogP contribution in [0.2, 0.25) is 10.0 Å². The Kier molecular flexibility index (Phi) is 4.60. The van der Waals surface area contributed by atoms with E-state index >= 15 is 0 Å². The van der Waals surface area contributed by atoms with Gasteiger partial charge in [0.15, 0.2) is 5.65 Å². The summed E-state index contributed by atoms with van der Waals surface area (Å²) >= 11 is 12.1. The van der Waals surface area contributed by atoms with Crippen LogP contribution in [0.5, 0.6) is 5.75 Å². The third-order valence-electron chi connectivity index (χ3n) is 5.13. The van der Waals surface area contributed by atoms with E-state index in [-0.39, 0.29) is 11.2 Å². The molecule has 0 unspecified atom stereocenters. The number of anilines is 1. The number of benzene rings is 1. The fraction of sp³-hybridized carbons (Fsp3) is 0.368.